The van der Waals surface area contributed by atoms with Crippen LogP contribution in [-0.2, 0) is 4.79 Å². The van der Waals surface area contributed by atoms with Crippen LogP contribution in [0.5, 0.6) is 0 Å². The van der Waals surface area contributed by atoms with E-state index in [0.717, 1.165) is 42.3 Å². The predicted octanol–water partition coefficient (Wildman–Crippen LogP) is 3.81. The van der Waals surface area contributed by atoms with Crippen molar-refractivity contribution in [3.8, 4) is 11.3 Å². The van der Waals surface area contributed by atoms with Gasteiger partial charge < -0.3 is 10.2 Å². The van der Waals surface area contributed by atoms with Gasteiger partial charge in [0, 0.05) is 30.7 Å². The minimum atomic E-state index is -0.141. The molecule has 2 amide bonds. The summed E-state index contributed by atoms with van der Waals surface area (Å²) < 4.78 is 1.86. The molecule has 2 aromatic heterocycles. The van der Waals surface area contributed by atoms with E-state index in [1.807, 2.05) is 46.0 Å². The lowest BCUT2D eigenvalue weighted by Gasteiger charge is -2.32. The van der Waals surface area contributed by atoms with E-state index in [2.05, 4.69) is 24.3 Å². The Hall–Kier alpha value is -3.22. The van der Waals surface area contributed by atoms with E-state index in [-0.39, 0.29) is 23.8 Å². The van der Waals surface area contributed by atoms with Gasteiger partial charge in [-0.3, -0.25) is 9.59 Å². The SMILES string of the molecule is CC(C)n1ncc2c(C(=O)N3CCCC(C(=O)NC4CC4)C3)cc(-c3ccccc3)nc21. The van der Waals surface area contributed by atoms with Crippen LogP contribution in [0.15, 0.2) is 42.6 Å². The Bertz CT molecular complexity index is 1150. The first kappa shape index (κ1) is 20.7. The van der Waals surface area contributed by atoms with Crippen molar-refractivity contribution in [2.45, 2.75) is 51.6 Å². The van der Waals surface area contributed by atoms with Gasteiger partial charge in [-0.05, 0) is 45.6 Å². The minimum Gasteiger partial charge on any atom is -0.353 e. The largest absolute Gasteiger partial charge is 0.353 e. The zero-order chi connectivity index (χ0) is 22.2. The second-order valence-electron chi connectivity index (χ2n) is 9.21. The molecule has 1 aliphatic heterocycles. The fraction of sp³-hybridized carbons (Fsp3) is 0.440. The molecule has 0 radical (unpaired) electrons. The van der Waals surface area contributed by atoms with Crippen LogP contribution in [0.2, 0.25) is 0 Å². The van der Waals surface area contributed by atoms with Crippen LogP contribution in [0.1, 0.15) is 55.9 Å². The Balaban J connectivity index is 1.50. The van der Waals surface area contributed by atoms with Gasteiger partial charge in [-0.25, -0.2) is 9.67 Å². The maximum absolute atomic E-state index is 13.7. The Morgan fingerprint density at radius 2 is 1.91 bits per heavy atom. The summed E-state index contributed by atoms with van der Waals surface area (Å²) in [5.74, 6) is -0.109. The van der Waals surface area contributed by atoms with Crippen LogP contribution >= 0.6 is 0 Å². The van der Waals surface area contributed by atoms with Crippen molar-refractivity contribution in [3.05, 3.63) is 48.2 Å². The van der Waals surface area contributed by atoms with Crippen molar-refractivity contribution in [2.75, 3.05) is 13.1 Å². The van der Waals surface area contributed by atoms with Crippen molar-refractivity contribution in [1.29, 1.82) is 0 Å². The third-order valence-electron chi connectivity index (χ3n) is 6.36. The van der Waals surface area contributed by atoms with Gasteiger partial charge in [0.1, 0.15) is 0 Å². The number of aromatic nitrogens is 3. The summed E-state index contributed by atoms with van der Waals surface area (Å²) in [6, 6.07) is 12.2. The highest BCUT2D eigenvalue weighted by molar-refractivity contribution is 6.06. The molecule has 1 saturated carbocycles. The number of fused-ring (bicyclic) bond motifs is 1. The van der Waals surface area contributed by atoms with E-state index in [1.54, 1.807) is 6.20 Å². The number of nitrogens with zero attached hydrogens (tertiary/aromatic N) is 4. The molecule has 3 aromatic rings. The molecule has 1 saturated heterocycles. The topological polar surface area (TPSA) is 80.1 Å². The number of hydrogen-bond donors (Lipinski definition) is 1. The Labute approximate surface area is 187 Å². The number of rotatable bonds is 5. The number of likely N-dealkylation sites (tertiary alicyclic amines) is 1. The van der Waals surface area contributed by atoms with Crippen LogP contribution in [0.4, 0.5) is 0 Å². The molecule has 1 aromatic carbocycles. The maximum Gasteiger partial charge on any atom is 0.254 e. The summed E-state index contributed by atoms with van der Waals surface area (Å²) in [5, 5.41) is 8.38. The fourth-order valence-electron chi connectivity index (χ4n) is 4.42. The van der Waals surface area contributed by atoms with Crippen LogP contribution in [0.3, 0.4) is 0 Å². The van der Waals surface area contributed by atoms with Gasteiger partial charge in [0.25, 0.3) is 5.91 Å². The number of nitrogens with one attached hydrogen (secondary N) is 1. The zero-order valence-electron chi connectivity index (χ0n) is 18.6. The van der Waals surface area contributed by atoms with Gasteiger partial charge in [-0.1, -0.05) is 30.3 Å². The van der Waals surface area contributed by atoms with Gasteiger partial charge in [0.2, 0.25) is 5.91 Å². The first-order chi connectivity index (χ1) is 15.5. The van der Waals surface area contributed by atoms with Gasteiger partial charge in [0.05, 0.1) is 28.8 Å². The monoisotopic (exact) mass is 431 g/mol. The van der Waals surface area contributed by atoms with E-state index in [9.17, 15) is 9.59 Å². The highest BCUT2D eigenvalue weighted by Crippen LogP contribution is 2.29. The summed E-state index contributed by atoms with van der Waals surface area (Å²) in [7, 11) is 0. The highest BCUT2D eigenvalue weighted by Gasteiger charge is 2.33. The third kappa shape index (κ3) is 3.99. The lowest BCUT2D eigenvalue weighted by molar-refractivity contribution is -0.126. The number of carbonyl (C=O) groups excluding carboxylic acids is 2. The molecule has 32 heavy (non-hydrogen) atoms. The first-order valence-electron chi connectivity index (χ1n) is 11.5. The standard InChI is InChI=1S/C25H29N5O2/c1-16(2)30-23-21(14-26-30)20(13-22(28-23)17-7-4-3-5-8-17)25(32)29-12-6-9-18(15-29)24(31)27-19-10-11-19/h3-5,7-8,13-14,16,18-19H,6,9-12,15H2,1-2H3,(H,27,31). The second kappa shape index (κ2) is 8.37. The van der Waals surface area contributed by atoms with E-state index < -0.39 is 0 Å². The average Bonchev–Trinajstić information content (AvgIpc) is 3.52. The van der Waals surface area contributed by atoms with Gasteiger partial charge in [0.15, 0.2) is 5.65 Å². The molecule has 2 fully saturated rings. The number of carbonyl (C=O) groups is 2. The maximum atomic E-state index is 13.7. The quantitative estimate of drug-likeness (QED) is 0.666. The lowest BCUT2D eigenvalue weighted by atomic mass is 9.96. The summed E-state index contributed by atoms with van der Waals surface area (Å²) in [6.45, 7) is 5.23. The van der Waals surface area contributed by atoms with Gasteiger partial charge in [-0.2, -0.15) is 5.10 Å². The summed E-state index contributed by atoms with van der Waals surface area (Å²) in [6.07, 6.45) is 5.54. The number of pyridine rings is 1. The summed E-state index contributed by atoms with van der Waals surface area (Å²) in [5.41, 5.74) is 3.03. The Morgan fingerprint density at radius 1 is 1.12 bits per heavy atom. The predicted molar refractivity (Wildman–Crippen MR) is 123 cm³/mol. The zero-order valence-corrected chi connectivity index (χ0v) is 18.6. The Kier molecular flexibility index (Phi) is 5.41. The fourth-order valence-corrected chi connectivity index (χ4v) is 4.42. The number of benzene rings is 1. The Morgan fingerprint density at radius 3 is 2.62 bits per heavy atom. The molecule has 3 heterocycles. The summed E-state index contributed by atoms with van der Waals surface area (Å²) >= 11 is 0. The minimum absolute atomic E-state index is 0.0539. The number of amides is 2. The van der Waals surface area contributed by atoms with E-state index in [1.165, 1.54) is 0 Å². The molecule has 1 aliphatic carbocycles. The highest BCUT2D eigenvalue weighted by atomic mass is 16.2. The molecular weight excluding hydrogens is 402 g/mol. The van der Waals surface area contributed by atoms with Crippen molar-refractivity contribution in [3.63, 3.8) is 0 Å². The van der Waals surface area contributed by atoms with Crippen molar-refractivity contribution in [1.82, 2.24) is 25.0 Å². The number of hydrogen-bond acceptors (Lipinski definition) is 4. The second-order valence-corrected chi connectivity index (χ2v) is 9.21. The van der Waals surface area contributed by atoms with E-state index in [4.69, 9.17) is 4.98 Å². The smallest absolute Gasteiger partial charge is 0.254 e. The van der Waals surface area contributed by atoms with Crippen LogP contribution in [-0.4, -0.2) is 50.6 Å². The molecule has 7 nitrogen and oxygen atoms in total. The lowest BCUT2D eigenvalue weighted by Crippen LogP contribution is -2.46. The van der Waals surface area contributed by atoms with E-state index >= 15 is 0 Å². The molecule has 5 rings (SSSR count). The van der Waals surface area contributed by atoms with Crippen LogP contribution < -0.4 is 5.32 Å². The van der Waals surface area contributed by atoms with Crippen LogP contribution in [0.25, 0.3) is 22.3 Å². The number of piperidine rings is 1. The molecule has 166 valence electrons. The molecular formula is C25H29N5O2. The van der Waals surface area contributed by atoms with Crippen LogP contribution in [0, 0.1) is 5.92 Å². The molecule has 7 heteroatoms. The molecule has 1 unspecified atom stereocenters. The molecule has 1 N–H and O–H groups in total. The first-order valence-corrected chi connectivity index (χ1v) is 11.5. The molecule has 2 aliphatic rings. The third-order valence-corrected chi connectivity index (χ3v) is 6.36. The van der Waals surface area contributed by atoms with Crippen molar-refractivity contribution in [2.24, 2.45) is 5.92 Å². The average molecular weight is 432 g/mol. The van der Waals surface area contributed by atoms with Gasteiger partial charge >= 0.3 is 0 Å². The van der Waals surface area contributed by atoms with Crippen molar-refractivity contribution >= 4 is 22.8 Å². The van der Waals surface area contributed by atoms with Crippen molar-refractivity contribution < 1.29 is 9.59 Å². The molecule has 0 spiro atoms. The molecule has 0 bridgehead atoms. The van der Waals surface area contributed by atoms with E-state index in [0.29, 0.717) is 30.3 Å². The van der Waals surface area contributed by atoms with Gasteiger partial charge in [-0.15, -0.1) is 0 Å². The normalized spacial score (nSPS) is 18.8. The summed E-state index contributed by atoms with van der Waals surface area (Å²) in [4.78, 5) is 33.0. The molecule has 1 atom stereocenters.